The smallest absolute Gasteiger partial charge is 0.185 e. The first kappa shape index (κ1) is 15.0. The highest BCUT2D eigenvalue weighted by atomic mass is 32.1. The van der Waals surface area contributed by atoms with Crippen molar-refractivity contribution in [2.24, 2.45) is 0 Å². The van der Waals surface area contributed by atoms with Crippen LogP contribution in [0.4, 0.5) is 5.13 Å². The van der Waals surface area contributed by atoms with Crippen molar-refractivity contribution in [3.8, 4) is 0 Å². The average Bonchev–Trinajstić information content (AvgIpc) is 2.94. The number of hydrogen-bond acceptors (Lipinski definition) is 5. The normalized spacial score (nSPS) is 12.4. The van der Waals surface area contributed by atoms with E-state index in [0.29, 0.717) is 0 Å². The number of nitrogens with zero attached hydrogens (tertiary/aromatic N) is 2. The highest BCUT2D eigenvalue weighted by molar-refractivity contribution is 7.13. The fourth-order valence-corrected chi connectivity index (χ4v) is 2.68. The number of hydrogen-bond donors (Lipinski definition) is 2. The molecule has 1 aromatic heterocycles. The Kier molecular flexibility index (Phi) is 5.11. The molecule has 0 aliphatic carbocycles. The van der Waals surface area contributed by atoms with E-state index in [4.69, 9.17) is 0 Å². The maximum absolute atomic E-state index is 9.17. The molecule has 2 rings (SSSR count). The number of rotatable bonds is 6. The van der Waals surface area contributed by atoms with Crippen molar-refractivity contribution in [3.63, 3.8) is 0 Å². The lowest BCUT2D eigenvalue weighted by atomic mass is 10.1. The minimum Gasteiger partial charge on any atom is -0.392 e. The molecule has 1 atom stereocenters. The van der Waals surface area contributed by atoms with E-state index in [2.05, 4.69) is 28.7 Å². The topological polar surface area (TPSA) is 48.4 Å². The molecule has 0 amide bonds. The summed E-state index contributed by atoms with van der Waals surface area (Å²) in [5.74, 6) is 0. The Morgan fingerprint density at radius 1 is 1.40 bits per heavy atom. The molecule has 0 radical (unpaired) electrons. The average molecular weight is 291 g/mol. The summed E-state index contributed by atoms with van der Waals surface area (Å²) in [6.45, 7) is 2.95. The fourth-order valence-electron chi connectivity index (χ4n) is 1.92. The molecule has 1 unspecified atom stereocenters. The molecule has 0 spiro atoms. The van der Waals surface area contributed by atoms with Gasteiger partial charge in [-0.15, -0.1) is 11.3 Å². The molecule has 0 saturated heterocycles. The van der Waals surface area contributed by atoms with Crippen molar-refractivity contribution in [2.45, 2.75) is 26.1 Å². The number of nitrogens with one attached hydrogen (secondary N) is 1. The van der Waals surface area contributed by atoms with Gasteiger partial charge in [-0.2, -0.15) is 0 Å². The Hall–Kier alpha value is -1.43. The number of anilines is 1. The summed E-state index contributed by atoms with van der Waals surface area (Å²) >= 11 is 1.65. The Labute approximate surface area is 124 Å². The summed E-state index contributed by atoms with van der Waals surface area (Å²) in [4.78, 5) is 6.57. The highest BCUT2D eigenvalue weighted by Gasteiger charge is 2.08. The lowest BCUT2D eigenvalue weighted by molar-refractivity contribution is 0.281. The van der Waals surface area contributed by atoms with Crippen LogP contribution in [0.15, 0.2) is 29.6 Å². The van der Waals surface area contributed by atoms with Gasteiger partial charge < -0.3 is 15.3 Å². The van der Waals surface area contributed by atoms with Gasteiger partial charge in [-0.25, -0.2) is 4.98 Å². The zero-order valence-corrected chi connectivity index (χ0v) is 12.9. The van der Waals surface area contributed by atoms with Crippen LogP contribution in [0.5, 0.6) is 0 Å². The van der Waals surface area contributed by atoms with Crippen molar-refractivity contribution in [1.82, 2.24) is 10.3 Å². The predicted octanol–water partition coefficient (Wildman–Crippen LogP) is 2.55. The minimum atomic E-state index is 0.0822. The van der Waals surface area contributed by atoms with Crippen LogP contribution >= 0.6 is 11.3 Å². The van der Waals surface area contributed by atoms with E-state index in [1.165, 1.54) is 5.56 Å². The lowest BCUT2D eigenvalue weighted by Crippen LogP contribution is -2.18. The van der Waals surface area contributed by atoms with Gasteiger partial charge in [-0.1, -0.05) is 24.3 Å². The standard InChI is InChI=1S/C15H21N3OS/c1-11(13-6-4-5-12(7-13)9-19)16-8-14-10-20-15(17-14)18(2)3/h4-7,10-11,16,19H,8-9H2,1-3H3. The summed E-state index contributed by atoms with van der Waals surface area (Å²) in [5, 5.41) is 15.7. The van der Waals surface area contributed by atoms with Gasteiger partial charge in [0, 0.05) is 32.1 Å². The molecule has 20 heavy (non-hydrogen) atoms. The Balaban J connectivity index is 1.95. The molecule has 0 aliphatic heterocycles. The van der Waals surface area contributed by atoms with Crippen LogP contribution in [0.25, 0.3) is 0 Å². The maximum Gasteiger partial charge on any atom is 0.185 e. The van der Waals surface area contributed by atoms with Gasteiger partial charge in [0.05, 0.1) is 12.3 Å². The van der Waals surface area contributed by atoms with Gasteiger partial charge in [0.2, 0.25) is 0 Å². The van der Waals surface area contributed by atoms with E-state index in [1.807, 2.05) is 37.2 Å². The van der Waals surface area contributed by atoms with E-state index in [9.17, 15) is 5.11 Å². The molecule has 108 valence electrons. The zero-order chi connectivity index (χ0) is 14.5. The predicted molar refractivity (Wildman–Crippen MR) is 84.1 cm³/mol. The van der Waals surface area contributed by atoms with Crippen molar-refractivity contribution in [3.05, 3.63) is 46.5 Å². The fraction of sp³-hybridized carbons (Fsp3) is 0.400. The van der Waals surface area contributed by atoms with Gasteiger partial charge in [0.1, 0.15) is 0 Å². The van der Waals surface area contributed by atoms with Crippen molar-refractivity contribution < 1.29 is 5.11 Å². The third-order valence-corrected chi connectivity index (χ3v) is 4.20. The molecular weight excluding hydrogens is 270 g/mol. The van der Waals surface area contributed by atoms with Gasteiger partial charge in [0.15, 0.2) is 5.13 Å². The van der Waals surface area contributed by atoms with E-state index in [1.54, 1.807) is 11.3 Å². The van der Waals surface area contributed by atoms with E-state index >= 15 is 0 Å². The SMILES string of the molecule is CC(NCc1csc(N(C)C)n1)c1cccc(CO)c1. The largest absolute Gasteiger partial charge is 0.392 e. The van der Waals surface area contributed by atoms with Crippen LogP contribution in [0.2, 0.25) is 0 Å². The number of thiazole rings is 1. The molecular formula is C15H21N3OS. The summed E-state index contributed by atoms with van der Waals surface area (Å²) in [6.07, 6.45) is 0. The van der Waals surface area contributed by atoms with Crippen LogP contribution in [0.1, 0.15) is 29.8 Å². The van der Waals surface area contributed by atoms with E-state index < -0.39 is 0 Å². The van der Waals surface area contributed by atoms with Crippen LogP contribution in [-0.4, -0.2) is 24.2 Å². The van der Waals surface area contributed by atoms with Gasteiger partial charge >= 0.3 is 0 Å². The lowest BCUT2D eigenvalue weighted by Gasteiger charge is -2.14. The molecule has 4 nitrogen and oxygen atoms in total. The second-order valence-corrected chi connectivity index (χ2v) is 5.86. The first-order valence-corrected chi connectivity index (χ1v) is 7.53. The van der Waals surface area contributed by atoms with Crippen LogP contribution in [0, 0.1) is 0 Å². The molecule has 2 aromatic rings. The third-order valence-electron chi connectivity index (χ3n) is 3.15. The molecule has 0 fully saturated rings. The van der Waals surface area contributed by atoms with Crippen LogP contribution in [-0.2, 0) is 13.2 Å². The van der Waals surface area contributed by atoms with Crippen molar-refractivity contribution >= 4 is 16.5 Å². The summed E-state index contributed by atoms with van der Waals surface area (Å²) in [6, 6.07) is 8.24. The number of aliphatic hydroxyl groups excluding tert-OH is 1. The Morgan fingerprint density at radius 2 is 2.20 bits per heavy atom. The molecule has 0 aliphatic rings. The third kappa shape index (κ3) is 3.79. The monoisotopic (exact) mass is 291 g/mol. The number of aliphatic hydroxyl groups is 1. The second kappa shape index (κ2) is 6.83. The minimum absolute atomic E-state index is 0.0822. The molecule has 1 aromatic carbocycles. The number of aromatic nitrogens is 1. The first-order valence-electron chi connectivity index (χ1n) is 6.65. The molecule has 5 heteroatoms. The van der Waals surface area contributed by atoms with Crippen LogP contribution < -0.4 is 10.2 Å². The van der Waals surface area contributed by atoms with Crippen molar-refractivity contribution in [2.75, 3.05) is 19.0 Å². The summed E-state index contributed by atoms with van der Waals surface area (Å²) < 4.78 is 0. The molecule has 1 heterocycles. The van der Waals surface area contributed by atoms with Crippen molar-refractivity contribution in [1.29, 1.82) is 0 Å². The summed E-state index contributed by atoms with van der Waals surface area (Å²) in [7, 11) is 4.00. The number of benzene rings is 1. The quantitative estimate of drug-likeness (QED) is 0.859. The Morgan fingerprint density at radius 3 is 2.85 bits per heavy atom. The van der Waals surface area contributed by atoms with Gasteiger partial charge in [0.25, 0.3) is 0 Å². The molecule has 0 bridgehead atoms. The van der Waals surface area contributed by atoms with Crippen LogP contribution in [0.3, 0.4) is 0 Å². The van der Waals surface area contributed by atoms with E-state index in [-0.39, 0.29) is 12.6 Å². The zero-order valence-electron chi connectivity index (χ0n) is 12.1. The molecule has 2 N–H and O–H groups in total. The molecule has 0 saturated carbocycles. The maximum atomic E-state index is 9.17. The first-order chi connectivity index (χ1) is 9.60. The van der Waals surface area contributed by atoms with Gasteiger partial charge in [-0.05, 0) is 18.1 Å². The summed E-state index contributed by atoms with van der Waals surface area (Å²) in [5.41, 5.74) is 3.18. The van der Waals surface area contributed by atoms with E-state index in [0.717, 1.165) is 22.9 Å². The highest BCUT2D eigenvalue weighted by Crippen LogP contribution is 2.19. The van der Waals surface area contributed by atoms with Gasteiger partial charge in [-0.3, -0.25) is 0 Å². The Bertz CT molecular complexity index is 554. The second-order valence-electron chi connectivity index (χ2n) is 5.02.